The van der Waals surface area contributed by atoms with Crippen LogP contribution in [0, 0.1) is 5.82 Å². The topological polar surface area (TPSA) is 75.4 Å². The lowest BCUT2D eigenvalue weighted by molar-refractivity contribution is -0.130. The van der Waals surface area contributed by atoms with Crippen molar-refractivity contribution in [2.24, 2.45) is 5.73 Å². The van der Waals surface area contributed by atoms with Gasteiger partial charge in [0, 0.05) is 12.2 Å². The molecule has 0 aromatic heterocycles. The van der Waals surface area contributed by atoms with Gasteiger partial charge in [-0.15, -0.1) is 0 Å². The molecule has 2 amide bonds. The number of hydrogen-bond acceptors (Lipinski definition) is 3. The van der Waals surface area contributed by atoms with Crippen molar-refractivity contribution in [3.05, 3.63) is 63.4 Å². The maximum atomic E-state index is 13.3. The first-order chi connectivity index (χ1) is 12.9. The first-order valence-electron chi connectivity index (χ1n) is 8.44. The number of amides is 2. The molecule has 3 rings (SSSR count). The fraction of sp³-hybridized carbons (Fsp3) is 0.263. The van der Waals surface area contributed by atoms with Gasteiger partial charge >= 0.3 is 0 Å². The lowest BCUT2D eigenvalue weighted by atomic mass is 10.0. The predicted octanol–water partition coefficient (Wildman–Crippen LogP) is 4.01. The molecule has 1 fully saturated rings. The van der Waals surface area contributed by atoms with Crippen molar-refractivity contribution in [1.29, 1.82) is 0 Å². The van der Waals surface area contributed by atoms with Crippen molar-refractivity contribution < 1.29 is 14.0 Å². The van der Waals surface area contributed by atoms with Crippen molar-refractivity contribution in [2.75, 3.05) is 18.4 Å². The second kappa shape index (κ2) is 8.15. The van der Waals surface area contributed by atoms with Gasteiger partial charge in [-0.2, -0.15) is 0 Å². The van der Waals surface area contributed by atoms with Gasteiger partial charge in [-0.3, -0.25) is 9.59 Å². The quantitative estimate of drug-likeness (QED) is 0.782. The van der Waals surface area contributed by atoms with Crippen molar-refractivity contribution in [3.63, 3.8) is 0 Å². The average Bonchev–Trinajstić information content (AvgIpc) is 3.12. The minimum atomic E-state index is -0.765. The maximum Gasteiger partial charge on any atom is 0.250 e. The Morgan fingerprint density at radius 3 is 2.67 bits per heavy atom. The number of carbonyl (C=O) groups is 2. The summed E-state index contributed by atoms with van der Waals surface area (Å²) in [4.78, 5) is 25.9. The summed E-state index contributed by atoms with van der Waals surface area (Å²) in [6.07, 6.45) is 1.70. The number of likely N-dealkylation sites (tertiary alicyclic amines) is 1. The van der Waals surface area contributed by atoms with Crippen LogP contribution in [0.25, 0.3) is 0 Å². The van der Waals surface area contributed by atoms with Crippen LogP contribution in [0.4, 0.5) is 10.1 Å². The van der Waals surface area contributed by atoms with Gasteiger partial charge in [0.2, 0.25) is 5.91 Å². The van der Waals surface area contributed by atoms with Gasteiger partial charge < -0.3 is 16.0 Å². The van der Waals surface area contributed by atoms with E-state index in [-0.39, 0.29) is 24.1 Å². The molecule has 3 N–H and O–H groups in total. The van der Waals surface area contributed by atoms with E-state index in [1.807, 2.05) is 6.07 Å². The maximum absolute atomic E-state index is 13.3. The van der Waals surface area contributed by atoms with E-state index < -0.39 is 11.7 Å². The zero-order valence-corrected chi connectivity index (χ0v) is 15.9. The third-order valence-corrected chi connectivity index (χ3v) is 5.32. The van der Waals surface area contributed by atoms with E-state index in [0.717, 1.165) is 24.5 Å². The number of halogens is 3. The fourth-order valence-electron chi connectivity index (χ4n) is 3.28. The number of benzene rings is 2. The van der Waals surface area contributed by atoms with Crippen LogP contribution in [0.1, 0.15) is 34.8 Å². The third kappa shape index (κ3) is 4.34. The summed E-state index contributed by atoms with van der Waals surface area (Å²) in [5.41, 5.74) is 6.52. The molecule has 0 radical (unpaired) electrons. The standard InChI is InChI=1S/C19H18Cl2FN3O2/c20-14-5-3-11(8-15(14)21)17-2-1-7-25(17)18(26)10-24-16-6-4-12(22)9-13(16)19(23)27/h3-6,8-9,17,24H,1-2,7,10H2,(H2,23,27). The van der Waals surface area contributed by atoms with Crippen molar-refractivity contribution in [2.45, 2.75) is 18.9 Å². The highest BCUT2D eigenvalue weighted by Gasteiger charge is 2.30. The molecule has 142 valence electrons. The fourth-order valence-corrected chi connectivity index (χ4v) is 3.58. The molecule has 0 spiro atoms. The molecule has 2 aromatic rings. The summed E-state index contributed by atoms with van der Waals surface area (Å²) in [5.74, 6) is -1.47. The third-order valence-electron chi connectivity index (χ3n) is 4.58. The number of hydrogen-bond donors (Lipinski definition) is 2. The second-order valence-corrected chi connectivity index (χ2v) is 7.14. The summed E-state index contributed by atoms with van der Waals surface area (Å²) < 4.78 is 13.3. The van der Waals surface area contributed by atoms with Crippen LogP contribution < -0.4 is 11.1 Å². The van der Waals surface area contributed by atoms with E-state index in [1.165, 1.54) is 12.1 Å². The molecular weight excluding hydrogens is 392 g/mol. The van der Waals surface area contributed by atoms with Gasteiger partial charge in [-0.1, -0.05) is 29.3 Å². The van der Waals surface area contributed by atoms with Crippen LogP contribution in [-0.2, 0) is 4.79 Å². The first kappa shape index (κ1) is 19.5. The van der Waals surface area contributed by atoms with Gasteiger partial charge in [0.15, 0.2) is 0 Å². The molecular formula is C19H18Cl2FN3O2. The van der Waals surface area contributed by atoms with Crippen LogP contribution in [0.2, 0.25) is 10.0 Å². The number of carbonyl (C=O) groups excluding carboxylic acids is 2. The predicted molar refractivity (Wildman–Crippen MR) is 104 cm³/mol. The lowest BCUT2D eigenvalue weighted by Crippen LogP contribution is -2.35. The van der Waals surface area contributed by atoms with E-state index in [1.54, 1.807) is 17.0 Å². The van der Waals surface area contributed by atoms with Crippen molar-refractivity contribution in [3.8, 4) is 0 Å². The molecule has 5 nitrogen and oxygen atoms in total. The zero-order valence-electron chi connectivity index (χ0n) is 14.3. The minimum absolute atomic E-state index is 0.00487. The van der Waals surface area contributed by atoms with Gasteiger partial charge in [0.1, 0.15) is 5.82 Å². The Bertz CT molecular complexity index is 891. The van der Waals surface area contributed by atoms with Crippen LogP contribution in [0.5, 0.6) is 0 Å². The number of nitrogens with one attached hydrogen (secondary N) is 1. The largest absolute Gasteiger partial charge is 0.376 e. The van der Waals surface area contributed by atoms with E-state index in [4.69, 9.17) is 28.9 Å². The molecule has 27 heavy (non-hydrogen) atoms. The Labute approximate surface area is 166 Å². The highest BCUT2D eigenvalue weighted by molar-refractivity contribution is 6.42. The van der Waals surface area contributed by atoms with E-state index in [0.29, 0.717) is 22.3 Å². The number of rotatable bonds is 5. The number of nitrogens with two attached hydrogens (primary N) is 1. The number of nitrogens with zero attached hydrogens (tertiary/aromatic N) is 1. The lowest BCUT2D eigenvalue weighted by Gasteiger charge is -2.26. The monoisotopic (exact) mass is 409 g/mol. The highest BCUT2D eigenvalue weighted by atomic mass is 35.5. The van der Waals surface area contributed by atoms with Crippen LogP contribution in [-0.4, -0.2) is 29.8 Å². The van der Waals surface area contributed by atoms with Crippen LogP contribution >= 0.6 is 23.2 Å². The Morgan fingerprint density at radius 1 is 1.19 bits per heavy atom. The van der Waals surface area contributed by atoms with Crippen LogP contribution in [0.3, 0.4) is 0 Å². The van der Waals surface area contributed by atoms with E-state index >= 15 is 0 Å². The van der Waals surface area contributed by atoms with Gasteiger partial charge in [0.05, 0.1) is 28.2 Å². The highest BCUT2D eigenvalue weighted by Crippen LogP contribution is 2.35. The molecule has 1 saturated heterocycles. The molecule has 1 aliphatic heterocycles. The first-order valence-corrected chi connectivity index (χ1v) is 9.20. The molecule has 1 unspecified atom stereocenters. The van der Waals surface area contributed by atoms with Gasteiger partial charge in [-0.05, 0) is 48.7 Å². The van der Waals surface area contributed by atoms with Crippen molar-refractivity contribution in [1.82, 2.24) is 4.90 Å². The molecule has 1 heterocycles. The average molecular weight is 410 g/mol. The van der Waals surface area contributed by atoms with Gasteiger partial charge in [-0.25, -0.2) is 4.39 Å². The normalized spacial score (nSPS) is 16.4. The summed E-state index contributed by atoms with van der Waals surface area (Å²) in [7, 11) is 0. The van der Waals surface area contributed by atoms with E-state index in [2.05, 4.69) is 5.32 Å². The molecule has 1 aliphatic rings. The Morgan fingerprint density at radius 2 is 1.96 bits per heavy atom. The zero-order chi connectivity index (χ0) is 19.6. The summed E-state index contributed by atoms with van der Waals surface area (Å²) in [6.45, 7) is 0.585. The molecule has 1 atom stereocenters. The Hall–Kier alpha value is -2.31. The summed E-state index contributed by atoms with van der Waals surface area (Å²) in [5, 5.41) is 3.80. The van der Waals surface area contributed by atoms with Crippen molar-refractivity contribution >= 4 is 40.7 Å². The Balaban J connectivity index is 1.72. The smallest absolute Gasteiger partial charge is 0.250 e. The summed E-state index contributed by atoms with van der Waals surface area (Å²) in [6, 6.07) is 8.91. The SMILES string of the molecule is NC(=O)c1cc(F)ccc1NCC(=O)N1CCCC1c1ccc(Cl)c(Cl)c1. The van der Waals surface area contributed by atoms with E-state index in [9.17, 15) is 14.0 Å². The molecule has 0 saturated carbocycles. The Kier molecular flexibility index (Phi) is 5.87. The number of primary amides is 1. The number of anilines is 1. The molecule has 2 aromatic carbocycles. The van der Waals surface area contributed by atoms with Gasteiger partial charge in [0.25, 0.3) is 5.91 Å². The second-order valence-electron chi connectivity index (χ2n) is 6.33. The molecule has 0 aliphatic carbocycles. The minimum Gasteiger partial charge on any atom is -0.376 e. The molecule has 0 bridgehead atoms. The molecule has 8 heteroatoms. The van der Waals surface area contributed by atoms with Crippen LogP contribution in [0.15, 0.2) is 36.4 Å². The summed E-state index contributed by atoms with van der Waals surface area (Å²) >= 11 is 12.1.